The van der Waals surface area contributed by atoms with Gasteiger partial charge in [0.15, 0.2) is 0 Å². The SMILES string of the molecule is COC(=O)[C@@H]1C[C@]12CCOc1ccc(I)cc12. The highest BCUT2D eigenvalue weighted by Gasteiger charge is 2.61. The quantitative estimate of drug-likeness (QED) is 0.580. The topological polar surface area (TPSA) is 35.5 Å². The van der Waals surface area contributed by atoms with E-state index in [-0.39, 0.29) is 17.3 Å². The van der Waals surface area contributed by atoms with Crippen molar-refractivity contribution in [1.82, 2.24) is 0 Å². The van der Waals surface area contributed by atoms with Crippen LogP contribution in [0.15, 0.2) is 18.2 Å². The Labute approximate surface area is 114 Å². The highest BCUT2D eigenvalue weighted by Crippen LogP contribution is 2.61. The second-order valence-corrected chi connectivity index (χ2v) is 5.92. The van der Waals surface area contributed by atoms with E-state index in [9.17, 15) is 4.79 Å². The number of esters is 1. The molecule has 3 rings (SSSR count). The molecule has 0 unspecified atom stereocenters. The number of ether oxygens (including phenoxy) is 2. The van der Waals surface area contributed by atoms with Crippen LogP contribution in [-0.4, -0.2) is 19.7 Å². The number of benzene rings is 1. The van der Waals surface area contributed by atoms with E-state index in [0.717, 1.165) is 18.6 Å². The standard InChI is InChI=1S/C13H13IO3/c1-16-12(15)10-7-13(10)4-5-17-11-3-2-8(14)6-9(11)13/h2-3,6,10H,4-5,7H2,1H3/t10-,13-/m0/s1. The Hall–Kier alpha value is -0.780. The maximum absolute atomic E-state index is 11.7. The number of rotatable bonds is 1. The van der Waals surface area contributed by atoms with Crippen molar-refractivity contribution in [3.8, 4) is 5.75 Å². The van der Waals surface area contributed by atoms with E-state index in [1.54, 1.807) is 0 Å². The Bertz CT molecular complexity index is 486. The van der Waals surface area contributed by atoms with Crippen molar-refractivity contribution in [2.24, 2.45) is 5.92 Å². The monoisotopic (exact) mass is 344 g/mol. The Kier molecular flexibility index (Phi) is 2.57. The molecule has 1 spiro atoms. The van der Waals surface area contributed by atoms with Crippen molar-refractivity contribution in [2.75, 3.05) is 13.7 Å². The lowest BCUT2D eigenvalue weighted by Gasteiger charge is -2.26. The predicted octanol–water partition coefficient (Wildman–Crippen LogP) is 2.50. The van der Waals surface area contributed by atoms with Crippen molar-refractivity contribution in [3.05, 3.63) is 27.3 Å². The predicted molar refractivity (Wildman–Crippen MR) is 71.1 cm³/mol. The largest absolute Gasteiger partial charge is 0.493 e. The summed E-state index contributed by atoms with van der Waals surface area (Å²) in [5, 5.41) is 0. The van der Waals surface area contributed by atoms with Gasteiger partial charge in [0.1, 0.15) is 5.75 Å². The van der Waals surface area contributed by atoms with Crippen LogP contribution in [0.5, 0.6) is 5.75 Å². The molecule has 0 aromatic heterocycles. The fourth-order valence-corrected chi connectivity index (χ4v) is 3.32. The first-order chi connectivity index (χ1) is 8.17. The van der Waals surface area contributed by atoms with Crippen LogP contribution in [0.4, 0.5) is 0 Å². The molecule has 2 aliphatic rings. The number of carbonyl (C=O) groups excluding carboxylic acids is 1. The molecule has 1 aliphatic heterocycles. The molecule has 1 aromatic rings. The van der Waals surface area contributed by atoms with Crippen LogP contribution in [0.1, 0.15) is 18.4 Å². The molecule has 1 aromatic carbocycles. The minimum absolute atomic E-state index is 0.0120. The van der Waals surface area contributed by atoms with Gasteiger partial charge in [-0.05, 0) is 53.6 Å². The van der Waals surface area contributed by atoms with Crippen LogP contribution in [0.3, 0.4) is 0 Å². The van der Waals surface area contributed by atoms with Gasteiger partial charge in [-0.25, -0.2) is 0 Å². The van der Waals surface area contributed by atoms with E-state index < -0.39 is 0 Å². The van der Waals surface area contributed by atoms with Gasteiger partial charge >= 0.3 is 5.97 Å². The lowest BCUT2D eigenvalue weighted by atomic mass is 9.87. The van der Waals surface area contributed by atoms with Crippen LogP contribution in [0.25, 0.3) is 0 Å². The summed E-state index contributed by atoms with van der Waals surface area (Å²) in [4.78, 5) is 11.7. The van der Waals surface area contributed by atoms with E-state index in [0.29, 0.717) is 6.61 Å². The number of hydrogen-bond acceptors (Lipinski definition) is 3. The summed E-state index contributed by atoms with van der Waals surface area (Å²) in [5.74, 6) is 0.869. The number of fused-ring (bicyclic) bond motifs is 2. The molecule has 1 heterocycles. The highest BCUT2D eigenvalue weighted by molar-refractivity contribution is 14.1. The molecule has 0 saturated heterocycles. The normalized spacial score (nSPS) is 29.4. The van der Waals surface area contributed by atoms with Crippen LogP contribution in [0.2, 0.25) is 0 Å². The van der Waals surface area contributed by atoms with Gasteiger partial charge in [0.25, 0.3) is 0 Å². The van der Waals surface area contributed by atoms with Gasteiger partial charge in [-0.3, -0.25) is 4.79 Å². The zero-order valence-electron chi connectivity index (χ0n) is 9.53. The van der Waals surface area contributed by atoms with E-state index >= 15 is 0 Å². The van der Waals surface area contributed by atoms with Gasteiger partial charge in [0.2, 0.25) is 0 Å². The van der Waals surface area contributed by atoms with Crippen molar-refractivity contribution >= 4 is 28.6 Å². The molecule has 0 amide bonds. The number of halogens is 1. The molecule has 0 bridgehead atoms. The van der Waals surface area contributed by atoms with Gasteiger partial charge < -0.3 is 9.47 Å². The molecular weight excluding hydrogens is 331 g/mol. The van der Waals surface area contributed by atoms with E-state index in [1.165, 1.54) is 16.2 Å². The maximum Gasteiger partial charge on any atom is 0.309 e. The molecule has 90 valence electrons. The molecule has 3 nitrogen and oxygen atoms in total. The second kappa shape index (κ2) is 3.86. The summed E-state index contributed by atoms with van der Waals surface area (Å²) >= 11 is 2.29. The number of hydrogen-bond donors (Lipinski definition) is 0. The van der Waals surface area contributed by atoms with E-state index in [2.05, 4.69) is 28.7 Å². The Balaban J connectivity index is 2.01. The first-order valence-corrected chi connectivity index (χ1v) is 6.76. The van der Waals surface area contributed by atoms with Crippen molar-refractivity contribution in [1.29, 1.82) is 0 Å². The lowest BCUT2D eigenvalue weighted by Crippen LogP contribution is -2.24. The molecule has 4 heteroatoms. The summed E-state index contributed by atoms with van der Waals surface area (Å²) < 4.78 is 11.7. The zero-order chi connectivity index (χ0) is 12.0. The summed E-state index contributed by atoms with van der Waals surface area (Å²) in [6, 6.07) is 6.18. The molecule has 1 fully saturated rings. The summed E-state index contributed by atoms with van der Waals surface area (Å²) in [6.07, 6.45) is 1.82. The maximum atomic E-state index is 11.7. The third kappa shape index (κ3) is 1.64. The zero-order valence-corrected chi connectivity index (χ0v) is 11.7. The molecule has 1 aliphatic carbocycles. The number of methoxy groups -OCH3 is 1. The van der Waals surface area contributed by atoms with Gasteiger partial charge in [-0.2, -0.15) is 0 Å². The molecule has 2 atom stereocenters. The van der Waals surface area contributed by atoms with E-state index in [4.69, 9.17) is 9.47 Å². The van der Waals surface area contributed by atoms with Crippen LogP contribution in [0, 0.1) is 9.49 Å². The second-order valence-electron chi connectivity index (χ2n) is 4.67. The van der Waals surface area contributed by atoms with Gasteiger partial charge in [0.05, 0.1) is 19.6 Å². The first-order valence-electron chi connectivity index (χ1n) is 5.68. The Morgan fingerprint density at radius 1 is 1.59 bits per heavy atom. The van der Waals surface area contributed by atoms with Crippen molar-refractivity contribution in [2.45, 2.75) is 18.3 Å². The number of carbonyl (C=O) groups is 1. The molecule has 0 radical (unpaired) electrons. The highest BCUT2D eigenvalue weighted by atomic mass is 127. The molecule has 17 heavy (non-hydrogen) atoms. The van der Waals surface area contributed by atoms with E-state index in [1.807, 2.05) is 12.1 Å². The van der Waals surface area contributed by atoms with Crippen LogP contribution >= 0.6 is 22.6 Å². The van der Waals surface area contributed by atoms with Gasteiger partial charge in [-0.15, -0.1) is 0 Å². The fraction of sp³-hybridized carbons (Fsp3) is 0.462. The van der Waals surface area contributed by atoms with Crippen molar-refractivity contribution < 1.29 is 14.3 Å². The third-order valence-electron chi connectivity index (χ3n) is 3.84. The molecule has 1 saturated carbocycles. The Morgan fingerprint density at radius 3 is 3.18 bits per heavy atom. The third-order valence-corrected chi connectivity index (χ3v) is 4.52. The lowest BCUT2D eigenvalue weighted by molar-refractivity contribution is -0.142. The summed E-state index contributed by atoms with van der Waals surface area (Å²) in [6.45, 7) is 0.696. The average molecular weight is 344 g/mol. The fourth-order valence-electron chi connectivity index (χ4n) is 2.83. The summed E-state index contributed by atoms with van der Waals surface area (Å²) in [5.41, 5.74) is 1.17. The van der Waals surface area contributed by atoms with Gasteiger partial charge in [0, 0.05) is 14.5 Å². The first kappa shape index (κ1) is 11.3. The Morgan fingerprint density at radius 2 is 2.41 bits per heavy atom. The smallest absolute Gasteiger partial charge is 0.309 e. The van der Waals surface area contributed by atoms with Crippen LogP contribution < -0.4 is 4.74 Å². The minimum Gasteiger partial charge on any atom is -0.493 e. The minimum atomic E-state index is -0.0864. The van der Waals surface area contributed by atoms with Gasteiger partial charge in [-0.1, -0.05) is 0 Å². The van der Waals surface area contributed by atoms with Crippen molar-refractivity contribution in [3.63, 3.8) is 0 Å². The summed E-state index contributed by atoms with van der Waals surface area (Å²) in [7, 11) is 1.46. The molecular formula is C13H13IO3. The average Bonchev–Trinajstić information content (AvgIpc) is 3.05. The van der Waals surface area contributed by atoms with Crippen LogP contribution in [-0.2, 0) is 14.9 Å². The molecule has 0 N–H and O–H groups in total.